The molecule has 1 heterocycles. The van der Waals surface area contributed by atoms with Gasteiger partial charge in [-0.25, -0.2) is 4.68 Å². The maximum Gasteiger partial charge on any atom is 0.269 e. The fraction of sp³-hybridized carbons (Fsp3) is 0.250. The number of nitro benzene ring substituents is 1. The van der Waals surface area contributed by atoms with E-state index in [4.69, 9.17) is 5.73 Å². The van der Waals surface area contributed by atoms with Gasteiger partial charge in [0.05, 0.1) is 16.3 Å². The second kappa shape index (κ2) is 3.83. The predicted molar refractivity (Wildman–Crippen MR) is 66.7 cm³/mol. The minimum atomic E-state index is -0.420. The molecule has 0 amide bonds. The summed E-state index contributed by atoms with van der Waals surface area (Å²) < 4.78 is 1.66. The minimum absolute atomic E-state index is 0.0667. The van der Waals surface area contributed by atoms with Crippen molar-refractivity contribution in [2.24, 2.45) is 0 Å². The molecule has 18 heavy (non-hydrogen) atoms. The molecule has 3 rings (SSSR count). The van der Waals surface area contributed by atoms with E-state index in [1.54, 1.807) is 16.8 Å². The first-order valence-electron chi connectivity index (χ1n) is 5.78. The van der Waals surface area contributed by atoms with E-state index in [1.165, 1.54) is 12.1 Å². The number of anilines is 1. The first-order valence-corrected chi connectivity index (χ1v) is 5.78. The van der Waals surface area contributed by atoms with Crippen LogP contribution in [0.25, 0.3) is 5.69 Å². The van der Waals surface area contributed by atoms with Crippen LogP contribution in [-0.2, 0) is 12.8 Å². The second-order valence-electron chi connectivity index (χ2n) is 4.35. The van der Waals surface area contributed by atoms with Crippen molar-refractivity contribution in [2.45, 2.75) is 19.3 Å². The van der Waals surface area contributed by atoms with Crippen molar-refractivity contribution in [2.75, 3.05) is 5.73 Å². The Labute approximate surface area is 103 Å². The predicted octanol–water partition coefficient (Wildman–Crippen LogP) is 1.85. The molecule has 0 unspecified atom stereocenters. The quantitative estimate of drug-likeness (QED) is 0.645. The summed E-state index contributed by atoms with van der Waals surface area (Å²) in [7, 11) is 0. The number of fused-ring (bicyclic) bond motifs is 1. The van der Waals surface area contributed by atoms with Crippen molar-refractivity contribution in [1.29, 1.82) is 0 Å². The van der Waals surface area contributed by atoms with Crippen LogP contribution in [-0.4, -0.2) is 14.7 Å². The van der Waals surface area contributed by atoms with E-state index < -0.39 is 4.92 Å². The molecule has 0 saturated heterocycles. The molecule has 1 aliphatic rings. The molecule has 6 heteroatoms. The van der Waals surface area contributed by atoms with Crippen LogP contribution in [0.1, 0.15) is 17.7 Å². The maximum absolute atomic E-state index is 10.6. The first kappa shape index (κ1) is 10.8. The lowest BCUT2D eigenvalue weighted by atomic mass is 10.2. The van der Waals surface area contributed by atoms with Crippen molar-refractivity contribution in [3.05, 3.63) is 45.6 Å². The number of hydrogen-bond acceptors (Lipinski definition) is 4. The topological polar surface area (TPSA) is 87.0 Å². The van der Waals surface area contributed by atoms with Gasteiger partial charge in [-0.3, -0.25) is 10.1 Å². The Bertz CT molecular complexity index is 616. The highest BCUT2D eigenvalue weighted by Gasteiger charge is 2.21. The van der Waals surface area contributed by atoms with Crippen LogP contribution in [0.2, 0.25) is 0 Å². The maximum atomic E-state index is 10.6. The van der Waals surface area contributed by atoms with E-state index in [-0.39, 0.29) is 5.69 Å². The third-order valence-corrected chi connectivity index (χ3v) is 3.25. The number of benzene rings is 1. The number of non-ortho nitro benzene ring substituents is 1. The number of rotatable bonds is 2. The van der Waals surface area contributed by atoms with Crippen molar-refractivity contribution >= 4 is 11.5 Å². The zero-order chi connectivity index (χ0) is 12.7. The Hall–Kier alpha value is -2.37. The molecule has 1 aromatic heterocycles. The van der Waals surface area contributed by atoms with Crippen molar-refractivity contribution in [3.8, 4) is 5.69 Å². The molecule has 0 spiro atoms. The molecule has 2 aromatic rings. The zero-order valence-electron chi connectivity index (χ0n) is 9.67. The van der Waals surface area contributed by atoms with Crippen LogP contribution < -0.4 is 5.73 Å². The summed E-state index contributed by atoms with van der Waals surface area (Å²) in [6.07, 6.45) is 3.02. The molecule has 1 aromatic carbocycles. The Balaban J connectivity index is 2.02. The minimum Gasteiger partial charge on any atom is -0.383 e. The van der Waals surface area contributed by atoms with Gasteiger partial charge in [0.2, 0.25) is 0 Å². The van der Waals surface area contributed by atoms with Crippen LogP contribution in [0.15, 0.2) is 24.3 Å². The number of aryl methyl sites for hydroxylation is 1. The summed E-state index contributed by atoms with van der Waals surface area (Å²) in [6.45, 7) is 0. The summed E-state index contributed by atoms with van der Waals surface area (Å²) in [5.74, 6) is 0.649. The molecule has 0 fully saturated rings. The Morgan fingerprint density at radius 2 is 2.00 bits per heavy atom. The third kappa shape index (κ3) is 1.54. The van der Waals surface area contributed by atoms with E-state index in [0.717, 1.165) is 36.2 Å². The highest BCUT2D eigenvalue weighted by Crippen LogP contribution is 2.29. The van der Waals surface area contributed by atoms with Gasteiger partial charge in [-0.15, -0.1) is 0 Å². The van der Waals surface area contributed by atoms with Gasteiger partial charge in [0.15, 0.2) is 0 Å². The van der Waals surface area contributed by atoms with E-state index >= 15 is 0 Å². The second-order valence-corrected chi connectivity index (χ2v) is 4.35. The number of nitrogens with zero attached hydrogens (tertiary/aromatic N) is 3. The average molecular weight is 244 g/mol. The van der Waals surface area contributed by atoms with Gasteiger partial charge in [-0.2, -0.15) is 5.10 Å². The van der Waals surface area contributed by atoms with Crippen LogP contribution in [0.5, 0.6) is 0 Å². The van der Waals surface area contributed by atoms with Crippen molar-refractivity contribution in [3.63, 3.8) is 0 Å². The molecule has 0 bridgehead atoms. The summed E-state index contributed by atoms with van der Waals surface area (Å²) in [4.78, 5) is 10.2. The molecule has 0 aliphatic heterocycles. The number of nitro groups is 1. The summed E-state index contributed by atoms with van der Waals surface area (Å²) in [5.41, 5.74) is 9.04. The monoisotopic (exact) mass is 244 g/mol. The van der Waals surface area contributed by atoms with Crippen LogP contribution in [0.3, 0.4) is 0 Å². The number of aromatic nitrogens is 2. The molecule has 0 atom stereocenters. The van der Waals surface area contributed by atoms with Gasteiger partial charge in [0.25, 0.3) is 5.69 Å². The average Bonchev–Trinajstić information content (AvgIpc) is 2.93. The lowest BCUT2D eigenvalue weighted by molar-refractivity contribution is -0.384. The van der Waals surface area contributed by atoms with E-state index in [0.29, 0.717) is 5.82 Å². The van der Waals surface area contributed by atoms with E-state index in [1.807, 2.05) is 0 Å². The number of nitrogens with two attached hydrogens (primary N) is 1. The van der Waals surface area contributed by atoms with Crippen molar-refractivity contribution < 1.29 is 4.92 Å². The Morgan fingerprint density at radius 1 is 1.28 bits per heavy atom. The molecule has 0 saturated carbocycles. The molecule has 92 valence electrons. The summed E-state index contributed by atoms with van der Waals surface area (Å²) in [6, 6.07) is 6.25. The summed E-state index contributed by atoms with van der Waals surface area (Å²) in [5, 5.41) is 15.0. The molecular weight excluding hydrogens is 232 g/mol. The number of hydrogen-bond donors (Lipinski definition) is 1. The molecule has 0 radical (unpaired) electrons. The fourth-order valence-electron chi connectivity index (χ4n) is 2.33. The standard InChI is InChI=1S/C12H12N4O2/c13-12-10-2-1-3-11(10)14-15(12)8-4-6-9(7-5-8)16(17)18/h4-7H,1-3,13H2. The van der Waals surface area contributed by atoms with Gasteiger partial charge in [0.1, 0.15) is 5.82 Å². The third-order valence-electron chi connectivity index (χ3n) is 3.25. The van der Waals surface area contributed by atoms with E-state index in [9.17, 15) is 10.1 Å². The highest BCUT2D eigenvalue weighted by atomic mass is 16.6. The van der Waals surface area contributed by atoms with E-state index in [2.05, 4.69) is 5.10 Å². The van der Waals surface area contributed by atoms with Crippen LogP contribution >= 0.6 is 0 Å². The zero-order valence-corrected chi connectivity index (χ0v) is 9.67. The van der Waals surface area contributed by atoms with Gasteiger partial charge in [-0.05, 0) is 31.4 Å². The Morgan fingerprint density at radius 3 is 2.61 bits per heavy atom. The molecule has 6 nitrogen and oxygen atoms in total. The SMILES string of the molecule is Nc1c2c(nn1-c1ccc([N+](=O)[O-])cc1)CCC2. The Kier molecular flexibility index (Phi) is 2.29. The lowest BCUT2D eigenvalue weighted by Crippen LogP contribution is -2.03. The highest BCUT2D eigenvalue weighted by molar-refractivity contribution is 5.52. The lowest BCUT2D eigenvalue weighted by Gasteiger charge is -2.04. The molecule has 1 aliphatic carbocycles. The number of nitrogen functional groups attached to an aromatic ring is 1. The van der Waals surface area contributed by atoms with Crippen LogP contribution in [0, 0.1) is 10.1 Å². The normalized spacial score (nSPS) is 13.6. The fourth-order valence-corrected chi connectivity index (χ4v) is 2.33. The summed E-state index contributed by atoms with van der Waals surface area (Å²) >= 11 is 0. The molecule has 2 N–H and O–H groups in total. The van der Waals surface area contributed by atoms with Gasteiger partial charge in [-0.1, -0.05) is 0 Å². The van der Waals surface area contributed by atoms with Gasteiger partial charge < -0.3 is 5.73 Å². The smallest absolute Gasteiger partial charge is 0.269 e. The molecular formula is C12H12N4O2. The van der Waals surface area contributed by atoms with Gasteiger partial charge in [0, 0.05) is 17.7 Å². The van der Waals surface area contributed by atoms with Gasteiger partial charge >= 0.3 is 0 Å². The van der Waals surface area contributed by atoms with Crippen molar-refractivity contribution in [1.82, 2.24) is 9.78 Å². The van der Waals surface area contributed by atoms with Crippen LogP contribution in [0.4, 0.5) is 11.5 Å². The largest absolute Gasteiger partial charge is 0.383 e. The first-order chi connectivity index (χ1) is 8.66.